The van der Waals surface area contributed by atoms with Gasteiger partial charge in [-0.15, -0.1) is 0 Å². The van der Waals surface area contributed by atoms with Crippen LogP contribution in [0.25, 0.3) is 10.9 Å². The van der Waals surface area contributed by atoms with Gasteiger partial charge in [0.05, 0.1) is 5.39 Å². The minimum atomic E-state index is -0.493. The van der Waals surface area contributed by atoms with Crippen molar-refractivity contribution in [3.8, 4) is 0 Å². The van der Waals surface area contributed by atoms with Gasteiger partial charge < -0.3 is 5.32 Å². The van der Waals surface area contributed by atoms with Gasteiger partial charge in [0.2, 0.25) is 0 Å². The maximum absolute atomic E-state index is 14.0. The summed E-state index contributed by atoms with van der Waals surface area (Å²) in [6, 6.07) is 4.09. The molecule has 0 fully saturated rings. The van der Waals surface area contributed by atoms with Gasteiger partial charge in [-0.3, -0.25) is 0 Å². The van der Waals surface area contributed by atoms with Crippen molar-refractivity contribution in [3.63, 3.8) is 0 Å². The maximum Gasteiger partial charge on any atom is 0.149 e. The van der Waals surface area contributed by atoms with Crippen LogP contribution in [0, 0.1) is 11.6 Å². The van der Waals surface area contributed by atoms with Gasteiger partial charge in [-0.25, -0.2) is 13.8 Å². The lowest BCUT2D eigenvalue weighted by Gasteiger charge is -2.21. The molecule has 2 nitrogen and oxygen atoms in total. The average molecular weight is 278 g/mol. The van der Waals surface area contributed by atoms with E-state index in [-0.39, 0.29) is 16.3 Å². The molecule has 2 aromatic rings. The minimum Gasteiger partial charge on any atom is -0.384 e. The van der Waals surface area contributed by atoms with E-state index in [1.54, 1.807) is 0 Å². The standard InChI is InChI=1S/C16H20F2N2/c1-5-8-19-12-9-13(16(2,3)4)20-15-11(18)7-6-10(17)14(12)15/h6-7,9H,5,8H2,1-4H3,(H,19,20). The van der Waals surface area contributed by atoms with Crippen LogP contribution in [0.2, 0.25) is 0 Å². The number of nitrogens with zero attached hydrogens (tertiary/aromatic N) is 1. The normalized spacial score (nSPS) is 11.9. The van der Waals surface area contributed by atoms with E-state index >= 15 is 0 Å². The Morgan fingerprint density at radius 1 is 1.15 bits per heavy atom. The van der Waals surface area contributed by atoms with Crippen LogP contribution in [0.5, 0.6) is 0 Å². The van der Waals surface area contributed by atoms with Gasteiger partial charge in [0.25, 0.3) is 0 Å². The number of halogens is 2. The molecular weight excluding hydrogens is 258 g/mol. The van der Waals surface area contributed by atoms with Crippen LogP contribution in [0.15, 0.2) is 18.2 Å². The van der Waals surface area contributed by atoms with E-state index in [2.05, 4.69) is 10.3 Å². The topological polar surface area (TPSA) is 24.9 Å². The predicted molar refractivity (Wildman–Crippen MR) is 79.1 cm³/mol. The zero-order valence-electron chi connectivity index (χ0n) is 12.3. The number of fused-ring (bicyclic) bond motifs is 1. The summed E-state index contributed by atoms with van der Waals surface area (Å²) in [6.45, 7) is 8.74. The second kappa shape index (κ2) is 5.35. The lowest BCUT2D eigenvalue weighted by atomic mass is 9.90. The lowest BCUT2D eigenvalue weighted by molar-refractivity contribution is 0.567. The molecule has 0 amide bonds. The third kappa shape index (κ3) is 2.74. The van der Waals surface area contributed by atoms with E-state index in [0.717, 1.165) is 24.2 Å². The van der Waals surface area contributed by atoms with Crippen molar-refractivity contribution < 1.29 is 8.78 Å². The fourth-order valence-electron chi connectivity index (χ4n) is 2.05. The highest BCUT2D eigenvalue weighted by atomic mass is 19.1. The first-order valence-corrected chi connectivity index (χ1v) is 6.87. The van der Waals surface area contributed by atoms with Crippen molar-refractivity contribution in [2.45, 2.75) is 39.5 Å². The molecule has 0 bridgehead atoms. The zero-order chi connectivity index (χ0) is 14.9. The van der Waals surface area contributed by atoms with E-state index in [1.165, 1.54) is 0 Å². The van der Waals surface area contributed by atoms with Gasteiger partial charge in [0.1, 0.15) is 17.2 Å². The Morgan fingerprint density at radius 2 is 1.80 bits per heavy atom. The quantitative estimate of drug-likeness (QED) is 0.885. The Balaban J connectivity index is 2.74. The van der Waals surface area contributed by atoms with Crippen LogP contribution < -0.4 is 5.32 Å². The van der Waals surface area contributed by atoms with Crippen molar-refractivity contribution in [3.05, 3.63) is 35.5 Å². The van der Waals surface area contributed by atoms with Crippen molar-refractivity contribution in [2.75, 3.05) is 11.9 Å². The van der Waals surface area contributed by atoms with Gasteiger partial charge in [-0.2, -0.15) is 0 Å². The number of hydrogen-bond donors (Lipinski definition) is 1. The van der Waals surface area contributed by atoms with Crippen LogP contribution in [0.3, 0.4) is 0 Å². The van der Waals surface area contributed by atoms with E-state index in [0.29, 0.717) is 12.2 Å². The summed E-state index contributed by atoms with van der Waals surface area (Å²) in [5.41, 5.74) is 1.22. The van der Waals surface area contributed by atoms with Gasteiger partial charge >= 0.3 is 0 Å². The molecular formula is C16H20F2N2. The van der Waals surface area contributed by atoms with Crippen LogP contribution >= 0.6 is 0 Å². The van der Waals surface area contributed by atoms with E-state index in [4.69, 9.17) is 0 Å². The number of aromatic nitrogens is 1. The van der Waals surface area contributed by atoms with Crippen LogP contribution in [-0.2, 0) is 5.41 Å². The Bertz CT molecular complexity index is 630. The molecule has 0 aliphatic heterocycles. The molecule has 1 aromatic heterocycles. The Labute approximate surface area is 118 Å². The predicted octanol–water partition coefficient (Wildman–Crippen LogP) is 4.63. The van der Waals surface area contributed by atoms with E-state index < -0.39 is 11.6 Å². The monoisotopic (exact) mass is 278 g/mol. The summed E-state index contributed by atoms with van der Waals surface area (Å²) in [4.78, 5) is 4.32. The third-order valence-corrected chi connectivity index (χ3v) is 3.19. The zero-order valence-corrected chi connectivity index (χ0v) is 12.3. The van der Waals surface area contributed by atoms with E-state index in [9.17, 15) is 8.78 Å². The number of benzene rings is 1. The molecule has 108 valence electrons. The first-order chi connectivity index (χ1) is 9.34. The summed E-state index contributed by atoms with van der Waals surface area (Å²) in [5.74, 6) is -0.944. The number of anilines is 1. The number of nitrogens with one attached hydrogen (secondary N) is 1. The van der Waals surface area contributed by atoms with Crippen molar-refractivity contribution >= 4 is 16.6 Å². The molecule has 0 saturated heterocycles. The fourth-order valence-corrected chi connectivity index (χ4v) is 2.05. The molecule has 4 heteroatoms. The highest BCUT2D eigenvalue weighted by Gasteiger charge is 2.20. The summed E-state index contributed by atoms with van der Waals surface area (Å²) in [7, 11) is 0. The maximum atomic E-state index is 14.0. The van der Waals surface area contributed by atoms with E-state index in [1.807, 2.05) is 33.8 Å². The fraction of sp³-hybridized carbons (Fsp3) is 0.438. The molecule has 2 rings (SSSR count). The molecule has 0 radical (unpaired) electrons. The second-order valence-electron chi connectivity index (χ2n) is 5.98. The third-order valence-electron chi connectivity index (χ3n) is 3.19. The molecule has 1 N–H and O–H groups in total. The number of pyridine rings is 1. The molecule has 0 aliphatic rings. The SMILES string of the molecule is CCCNc1cc(C(C)(C)C)nc2c(F)ccc(F)c12. The molecule has 1 heterocycles. The Hall–Kier alpha value is -1.71. The smallest absolute Gasteiger partial charge is 0.149 e. The molecule has 0 aliphatic carbocycles. The Morgan fingerprint density at radius 3 is 2.40 bits per heavy atom. The second-order valence-corrected chi connectivity index (χ2v) is 5.98. The summed E-state index contributed by atoms with van der Waals surface area (Å²) in [6.07, 6.45) is 0.908. The molecule has 0 saturated carbocycles. The largest absolute Gasteiger partial charge is 0.384 e. The van der Waals surface area contributed by atoms with Crippen LogP contribution in [0.4, 0.5) is 14.5 Å². The first-order valence-electron chi connectivity index (χ1n) is 6.87. The Kier molecular flexibility index (Phi) is 3.93. The summed E-state index contributed by atoms with van der Waals surface area (Å²) < 4.78 is 28.0. The molecule has 20 heavy (non-hydrogen) atoms. The number of rotatable bonds is 3. The molecule has 0 atom stereocenters. The lowest BCUT2D eigenvalue weighted by Crippen LogP contribution is -2.15. The summed E-state index contributed by atoms with van der Waals surface area (Å²) in [5, 5.41) is 3.40. The minimum absolute atomic E-state index is 0.0935. The molecule has 1 aromatic carbocycles. The van der Waals surface area contributed by atoms with Crippen molar-refractivity contribution in [1.29, 1.82) is 0 Å². The molecule has 0 unspecified atom stereocenters. The van der Waals surface area contributed by atoms with Crippen molar-refractivity contribution in [1.82, 2.24) is 4.98 Å². The summed E-state index contributed by atoms with van der Waals surface area (Å²) >= 11 is 0. The first kappa shape index (κ1) is 14.7. The van der Waals surface area contributed by atoms with Crippen LogP contribution in [-0.4, -0.2) is 11.5 Å². The highest BCUT2D eigenvalue weighted by molar-refractivity contribution is 5.92. The average Bonchev–Trinajstić information content (AvgIpc) is 2.39. The van der Waals surface area contributed by atoms with Gasteiger partial charge in [0, 0.05) is 23.3 Å². The van der Waals surface area contributed by atoms with Crippen molar-refractivity contribution in [2.24, 2.45) is 0 Å². The van der Waals surface area contributed by atoms with Gasteiger partial charge in [-0.05, 0) is 24.6 Å². The van der Waals surface area contributed by atoms with Gasteiger partial charge in [0.15, 0.2) is 0 Å². The van der Waals surface area contributed by atoms with Gasteiger partial charge in [-0.1, -0.05) is 27.7 Å². The molecule has 0 spiro atoms. The van der Waals surface area contributed by atoms with Crippen LogP contribution in [0.1, 0.15) is 39.8 Å². The highest BCUT2D eigenvalue weighted by Crippen LogP contribution is 2.32. The number of hydrogen-bond acceptors (Lipinski definition) is 2.